The molecule has 130 valence electrons. The maximum Gasteiger partial charge on any atom is 0.324 e. The first kappa shape index (κ1) is 18.3. The molecule has 2 atom stereocenters. The second-order valence-electron chi connectivity index (χ2n) is 4.73. The van der Waals surface area contributed by atoms with Crippen molar-refractivity contribution in [1.29, 1.82) is 0 Å². The fourth-order valence-corrected chi connectivity index (χ4v) is 2.37. The molecule has 8 nitrogen and oxygen atoms in total. The molecule has 0 saturated heterocycles. The van der Waals surface area contributed by atoms with Gasteiger partial charge in [-0.1, -0.05) is 5.16 Å². The molecule has 0 saturated carbocycles. The Balaban J connectivity index is 1.90. The van der Waals surface area contributed by atoms with Crippen molar-refractivity contribution in [2.45, 2.75) is 25.6 Å². The number of nitrogens with one attached hydrogen (secondary N) is 2. The number of aliphatic hydroxyl groups excluding tert-OH is 1. The van der Waals surface area contributed by atoms with E-state index >= 15 is 0 Å². The van der Waals surface area contributed by atoms with Crippen LogP contribution in [0.3, 0.4) is 0 Å². The van der Waals surface area contributed by atoms with Gasteiger partial charge in [-0.15, -0.1) is 0 Å². The lowest BCUT2D eigenvalue weighted by Gasteiger charge is -2.15. The van der Waals surface area contributed by atoms with Crippen LogP contribution in [0.25, 0.3) is 11.4 Å². The van der Waals surface area contributed by atoms with Crippen molar-refractivity contribution in [2.75, 3.05) is 0 Å². The summed E-state index contributed by atoms with van der Waals surface area (Å²) in [6.45, 7) is 1.37. The summed E-state index contributed by atoms with van der Waals surface area (Å²) in [6.07, 6.45) is -1.09. The number of aliphatic hydroxyl groups is 1. The Bertz CT molecular complexity index is 713. The highest BCUT2D eigenvalue weighted by molar-refractivity contribution is 7.95. The molecule has 0 bridgehead atoms. The molecular formula is C13H14F2N4O4S. The Morgan fingerprint density at radius 3 is 2.88 bits per heavy atom. The second kappa shape index (κ2) is 8.15. The number of aromatic nitrogens is 2. The summed E-state index contributed by atoms with van der Waals surface area (Å²) in [4.78, 5) is 14.8. The minimum Gasteiger partial charge on any atom is -0.480 e. The van der Waals surface area contributed by atoms with E-state index in [1.165, 1.54) is 6.92 Å². The smallest absolute Gasteiger partial charge is 0.324 e. The molecule has 4 N–H and O–H groups in total. The SMILES string of the molecule is CC(O)[C@H](NSNCc1nc(-c2cc(F)ccc2F)no1)C(=O)O. The van der Waals surface area contributed by atoms with Crippen molar-refractivity contribution >= 4 is 18.1 Å². The van der Waals surface area contributed by atoms with Crippen LogP contribution in [0.15, 0.2) is 22.7 Å². The van der Waals surface area contributed by atoms with E-state index < -0.39 is 29.7 Å². The van der Waals surface area contributed by atoms with E-state index in [9.17, 15) is 18.7 Å². The number of nitrogens with zero attached hydrogens (tertiary/aromatic N) is 2. The second-order valence-corrected chi connectivity index (χ2v) is 5.46. The topological polar surface area (TPSA) is 121 Å². The predicted octanol–water partition coefficient (Wildman–Crippen LogP) is 1.09. The zero-order valence-corrected chi connectivity index (χ0v) is 13.2. The van der Waals surface area contributed by atoms with Gasteiger partial charge in [-0.2, -0.15) is 4.98 Å². The normalized spacial score (nSPS) is 13.7. The van der Waals surface area contributed by atoms with Crippen LogP contribution in [0.4, 0.5) is 8.78 Å². The molecule has 2 rings (SSSR count). The van der Waals surface area contributed by atoms with Gasteiger partial charge in [0, 0.05) is 12.1 Å². The molecular weight excluding hydrogens is 346 g/mol. The minimum absolute atomic E-state index is 0.0355. The molecule has 0 aliphatic heterocycles. The quantitative estimate of drug-likeness (QED) is 0.405. The average molecular weight is 360 g/mol. The molecule has 2 aromatic rings. The summed E-state index contributed by atoms with van der Waals surface area (Å²) in [5.41, 5.74) is -0.129. The average Bonchev–Trinajstić information content (AvgIpc) is 2.97. The van der Waals surface area contributed by atoms with Crippen molar-refractivity contribution in [1.82, 2.24) is 19.6 Å². The molecule has 1 unspecified atom stereocenters. The lowest BCUT2D eigenvalue weighted by atomic mass is 10.2. The summed E-state index contributed by atoms with van der Waals surface area (Å²) >= 11 is 0.821. The van der Waals surface area contributed by atoms with Gasteiger partial charge >= 0.3 is 5.97 Å². The third kappa shape index (κ3) is 4.71. The van der Waals surface area contributed by atoms with Crippen molar-refractivity contribution < 1.29 is 28.3 Å². The van der Waals surface area contributed by atoms with Crippen LogP contribution >= 0.6 is 12.1 Å². The van der Waals surface area contributed by atoms with Gasteiger partial charge in [0.25, 0.3) is 0 Å². The molecule has 24 heavy (non-hydrogen) atoms. The van der Waals surface area contributed by atoms with Crippen LogP contribution in [0.5, 0.6) is 0 Å². The van der Waals surface area contributed by atoms with Crippen LogP contribution in [-0.2, 0) is 11.3 Å². The summed E-state index contributed by atoms with van der Waals surface area (Å²) < 4.78 is 36.9. The van der Waals surface area contributed by atoms with Gasteiger partial charge in [-0.3, -0.25) is 4.79 Å². The number of halogens is 2. The number of carboxylic acids is 1. The van der Waals surface area contributed by atoms with E-state index in [2.05, 4.69) is 19.6 Å². The number of benzene rings is 1. The van der Waals surface area contributed by atoms with Gasteiger partial charge in [0.15, 0.2) is 0 Å². The van der Waals surface area contributed by atoms with Gasteiger partial charge < -0.3 is 14.7 Å². The highest BCUT2D eigenvalue weighted by Gasteiger charge is 2.22. The molecule has 1 aromatic heterocycles. The molecule has 1 heterocycles. The Morgan fingerprint density at radius 1 is 1.46 bits per heavy atom. The Labute approximate surface area is 139 Å². The van der Waals surface area contributed by atoms with E-state index in [0.717, 1.165) is 30.3 Å². The largest absolute Gasteiger partial charge is 0.480 e. The van der Waals surface area contributed by atoms with Gasteiger partial charge in [0.2, 0.25) is 11.7 Å². The maximum atomic E-state index is 13.6. The fraction of sp³-hybridized carbons (Fsp3) is 0.308. The number of hydrogen-bond donors (Lipinski definition) is 4. The predicted molar refractivity (Wildman–Crippen MR) is 80.3 cm³/mol. The molecule has 0 aliphatic rings. The molecule has 0 spiro atoms. The van der Waals surface area contributed by atoms with Crippen LogP contribution in [0, 0.1) is 11.6 Å². The lowest BCUT2D eigenvalue weighted by Crippen LogP contribution is -2.42. The Morgan fingerprint density at radius 2 is 2.21 bits per heavy atom. The van der Waals surface area contributed by atoms with E-state index in [1.54, 1.807) is 0 Å². The summed E-state index contributed by atoms with van der Waals surface area (Å²) in [5.74, 6) is -2.54. The van der Waals surface area contributed by atoms with E-state index in [-0.39, 0.29) is 23.8 Å². The first-order chi connectivity index (χ1) is 11.4. The standard InChI is InChI=1S/C13H14F2N4O4S/c1-6(20)11(13(21)22)19-24-16-5-10-17-12(18-23-10)8-4-7(14)2-3-9(8)15/h2-4,6,11,16,19-20H,5H2,1H3,(H,21,22)/t6?,11-/m0/s1. The zero-order chi connectivity index (χ0) is 17.7. The molecule has 0 aliphatic carbocycles. The summed E-state index contributed by atoms with van der Waals surface area (Å²) in [5, 5.41) is 21.7. The molecule has 0 amide bonds. The molecule has 11 heteroatoms. The number of carboxylic acid groups (broad SMARTS) is 1. The molecule has 0 fully saturated rings. The van der Waals surface area contributed by atoms with Crippen LogP contribution < -0.4 is 9.44 Å². The number of carbonyl (C=O) groups is 1. The number of hydrogen-bond acceptors (Lipinski definition) is 8. The van der Waals surface area contributed by atoms with E-state index in [1.807, 2.05) is 0 Å². The highest BCUT2D eigenvalue weighted by Crippen LogP contribution is 2.20. The lowest BCUT2D eigenvalue weighted by molar-refractivity contribution is -0.141. The first-order valence-electron chi connectivity index (χ1n) is 6.71. The van der Waals surface area contributed by atoms with Gasteiger partial charge in [0.05, 0.1) is 18.2 Å². The fourth-order valence-electron chi connectivity index (χ4n) is 1.66. The zero-order valence-electron chi connectivity index (χ0n) is 12.4. The van der Waals surface area contributed by atoms with E-state index in [4.69, 9.17) is 9.63 Å². The Kier molecular flexibility index (Phi) is 6.20. The molecule has 0 radical (unpaired) electrons. The summed E-state index contributed by atoms with van der Waals surface area (Å²) in [7, 11) is 0. The van der Waals surface area contributed by atoms with E-state index in [0.29, 0.717) is 0 Å². The maximum absolute atomic E-state index is 13.6. The van der Waals surface area contributed by atoms with Crippen LogP contribution in [0.1, 0.15) is 12.8 Å². The highest BCUT2D eigenvalue weighted by atomic mass is 32.2. The van der Waals surface area contributed by atoms with Gasteiger partial charge in [-0.05, 0) is 25.1 Å². The van der Waals surface area contributed by atoms with Gasteiger partial charge in [-0.25, -0.2) is 18.2 Å². The van der Waals surface area contributed by atoms with Crippen molar-refractivity contribution in [2.24, 2.45) is 0 Å². The van der Waals surface area contributed by atoms with Gasteiger partial charge in [0.1, 0.15) is 17.7 Å². The van der Waals surface area contributed by atoms with Crippen LogP contribution in [-0.4, -0.2) is 38.5 Å². The summed E-state index contributed by atoms with van der Waals surface area (Å²) in [6, 6.07) is 1.72. The number of aliphatic carboxylic acids is 1. The van der Waals surface area contributed by atoms with Crippen molar-refractivity contribution in [3.8, 4) is 11.4 Å². The minimum atomic E-state index is -1.21. The molecule has 1 aromatic carbocycles. The van der Waals surface area contributed by atoms with Crippen LogP contribution in [0.2, 0.25) is 0 Å². The van der Waals surface area contributed by atoms with Crippen molar-refractivity contribution in [3.05, 3.63) is 35.7 Å². The first-order valence-corrected chi connectivity index (χ1v) is 7.53. The Hall–Kier alpha value is -2.08. The number of rotatable bonds is 8. The third-order valence-corrected chi connectivity index (χ3v) is 3.53. The third-order valence-electron chi connectivity index (χ3n) is 2.87. The monoisotopic (exact) mass is 360 g/mol. The van der Waals surface area contributed by atoms with Crippen molar-refractivity contribution in [3.63, 3.8) is 0 Å².